The van der Waals surface area contributed by atoms with Gasteiger partial charge in [0.15, 0.2) is 0 Å². The summed E-state index contributed by atoms with van der Waals surface area (Å²) in [6, 6.07) is 76.6. The zero-order valence-electron chi connectivity index (χ0n) is 33.0. The van der Waals surface area contributed by atoms with Crippen LogP contribution in [0, 0.1) is 13.8 Å². The SMILES string of the molecule is Cc1ccccc1-c1c(C)cccc1N(c1ccc2c3ccccc3n(-c3ccccc3)c2c1)c1cccc2c1-c1ccccc1C21c2ccccc2-c2ccccc21. The predicted molar refractivity (Wildman–Crippen MR) is 247 cm³/mol. The number of benzene rings is 9. The molecule has 0 aliphatic heterocycles. The molecular formula is C57H40N2. The first-order chi connectivity index (χ1) is 29.1. The molecule has 1 spiro atoms. The Morgan fingerprint density at radius 1 is 0.373 bits per heavy atom. The summed E-state index contributed by atoms with van der Waals surface area (Å²) >= 11 is 0. The zero-order chi connectivity index (χ0) is 39.2. The average Bonchev–Trinajstić information content (AvgIpc) is 3.89. The first kappa shape index (κ1) is 33.7. The molecule has 0 unspecified atom stereocenters. The third-order valence-corrected chi connectivity index (χ3v) is 13.1. The number of anilines is 3. The summed E-state index contributed by atoms with van der Waals surface area (Å²) in [5.74, 6) is 0. The van der Waals surface area contributed by atoms with Crippen LogP contribution in [-0.4, -0.2) is 4.57 Å². The van der Waals surface area contributed by atoms with Gasteiger partial charge in [-0.2, -0.15) is 0 Å². The normalized spacial score (nSPS) is 13.1. The lowest BCUT2D eigenvalue weighted by Gasteiger charge is -2.33. The number of hydrogen-bond donors (Lipinski definition) is 0. The predicted octanol–water partition coefficient (Wildman–Crippen LogP) is 14.9. The number of para-hydroxylation sites is 2. The van der Waals surface area contributed by atoms with Crippen molar-refractivity contribution in [1.29, 1.82) is 0 Å². The van der Waals surface area contributed by atoms with Crippen molar-refractivity contribution in [2.45, 2.75) is 19.3 Å². The van der Waals surface area contributed by atoms with Crippen molar-refractivity contribution in [2.75, 3.05) is 4.90 Å². The van der Waals surface area contributed by atoms with Crippen LogP contribution in [0.1, 0.15) is 33.4 Å². The summed E-state index contributed by atoms with van der Waals surface area (Å²) in [4.78, 5) is 2.56. The van der Waals surface area contributed by atoms with Crippen LogP contribution in [0.2, 0.25) is 0 Å². The van der Waals surface area contributed by atoms with E-state index >= 15 is 0 Å². The van der Waals surface area contributed by atoms with Crippen LogP contribution in [-0.2, 0) is 5.41 Å². The van der Waals surface area contributed by atoms with Gasteiger partial charge < -0.3 is 9.47 Å². The Balaban J connectivity index is 1.21. The lowest BCUT2D eigenvalue weighted by molar-refractivity contribution is 0.794. The van der Waals surface area contributed by atoms with E-state index in [1.165, 1.54) is 88.6 Å². The van der Waals surface area contributed by atoms with Gasteiger partial charge in [0.1, 0.15) is 0 Å². The largest absolute Gasteiger partial charge is 0.309 e. The maximum atomic E-state index is 2.56. The van der Waals surface area contributed by atoms with Crippen LogP contribution >= 0.6 is 0 Å². The summed E-state index contributed by atoms with van der Waals surface area (Å²) < 4.78 is 2.43. The summed E-state index contributed by atoms with van der Waals surface area (Å²) in [6.07, 6.45) is 0. The molecule has 1 heterocycles. The molecule has 10 aromatic rings. The maximum Gasteiger partial charge on any atom is 0.0726 e. The Hall–Kier alpha value is -7.42. The smallest absolute Gasteiger partial charge is 0.0726 e. The third-order valence-electron chi connectivity index (χ3n) is 13.1. The molecule has 2 aliphatic rings. The second-order valence-corrected chi connectivity index (χ2v) is 16.1. The van der Waals surface area contributed by atoms with Crippen LogP contribution in [0.15, 0.2) is 206 Å². The number of fused-ring (bicyclic) bond motifs is 13. The lowest BCUT2D eigenvalue weighted by Crippen LogP contribution is -2.26. The minimum absolute atomic E-state index is 0.448. The van der Waals surface area contributed by atoms with Crippen molar-refractivity contribution >= 4 is 38.9 Å². The highest BCUT2D eigenvalue weighted by Gasteiger charge is 2.52. The molecule has 59 heavy (non-hydrogen) atoms. The monoisotopic (exact) mass is 752 g/mol. The summed E-state index contributed by atoms with van der Waals surface area (Å²) in [5, 5.41) is 2.48. The Kier molecular flexibility index (Phi) is 7.31. The molecule has 0 saturated heterocycles. The maximum absolute atomic E-state index is 2.56. The van der Waals surface area contributed by atoms with E-state index in [0.717, 1.165) is 22.7 Å². The van der Waals surface area contributed by atoms with Gasteiger partial charge >= 0.3 is 0 Å². The second kappa shape index (κ2) is 12.8. The molecule has 0 N–H and O–H groups in total. The highest BCUT2D eigenvalue weighted by molar-refractivity contribution is 6.11. The standard InChI is InChI=1S/C57H40N2/c1-37-18-6-7-22-41(37)55-38(2)19-16-32-52(55)59(40-34-35-45-44-25-11-15-31-51(44)58(54(45)36-40)39-20-4-3-5-21-39)53-33-17-30-50-56(53)46-26-10-14-29-49(46)57(50)47-27-12-8-23-42(47)43-24-9-13-28-48(43)57/h3-36H,1-2H3. The van der Waals surface area contributed by atoms with E-state index in [2.05, 4.69) is 230 Å². The van der Waals surface area contributed by atoms with Gasteiger partial charge in [-0.1, -0.05) is 164 Å². The zero-order valence-corrected chi connectivity index (χ0v) is 33.0. The number of aromatic nitrogens is 1. The van der Waals surface area contributed by atoms with Gasteiger partial charge in [-0.3, -0.25) is 0 Å². The number of rotatable bonds is 5. The van der Waals surface area contributed by atoms with E-state index in [0.29, 0.717) is 0 Å². The summed E-state index contributed by atoms with van der Waals surface area (Å²) in [5.41, 5.74) is 22.0. The molecule has 0 amide bonds. The number of aryl methyl sites for hydroxylation is 2. The van der Waals surface area contributed by atoms with Gasteiger partial charge in [-0.15, -0.1) is 0 Å². The summed E-state index contributed by atoms with van der Waals surface area (Å²) in [6.45, 7) is 4.49. The van der Waals surface area contributed by atoms with Crippen molar-refractivity contribution in [3.63, 3.8) is 0 Å². The van der Waals surface area contributed by atoms with Crippen molar-refractivity contribution in [1.82, 2.24) is 4.57 Å². The summed E-state index contributed by atoms with van der Waals surface area (Å²) in [7, 11) is 0. The van der Waals surface area contributed by atoms with Crippen LogP contribution in [0.5, 0.6) is 0 Å². The minimum atomic E-state index is -0.448. The third kappa shape index (κ3) is 4.63. The molecule has 1 aromatic heterocycles. The van der Waals surface area contributed by atoms with E-state index in [9.17, 15) is 0 Å². The van der Waals surface area contributed by atoms with Crippen molar-refractivity contribution in [3.05, 3.63) is 240 Å². The molecular weight excluding hydrogens is 713 g/mol. The first-order valence-corrected chi connectivity index (χ1v) is 20.6. The van der Waals surface area contributed by atoms with Crippen LogP contribution in [0.3, 0.4) is 0 Å². The molecule has 0 bridgehead atoms. The second-order valence-electron chi connectivity index (χ2n) is 16.1. The number of nitrogens with zero attached hydrogens (tertiary/aromatic N) is 2. The van der Waals surface area contributed by atoms with Crippen molar-refractivity contribution in [2.24, 2.45) is 0 Å². The minimum Gasteiger partial charge on any atom is -0.309 e. The Morgan fingerprint density at radius 3 is 1.63 bits per heavy atom. The molecule has 0 atom stereocenters. The Morgan fingerprint density at radius 2 is 0.898 bits per heavy atom. The molecule has 0 fully saturated rings. The average molecular weight is 753 g/mol. The molecule has 9 aromatic carbocycles. The fourth-order valence-electron chi connectivity index (χ4n) is 10.7. The lowest BCUT2D eigenvalue weighted by atomic mass is 9.70. The van der Waals surface area contributed by atoms with E-state index in [1.54, 1.807) is 0 Å². The van der Waals surface area contributed by atoms with Gasteiger partial charge in [-0.05, 0) is 112 Å². The van der Waals surface area contributed by atoms with E-state index < -0.39 is 5.41 Å². The first-order valence-electron chi connectivity index (χ1n) is 20.6. The molecule has 12 rings (SSSR count). The molecule has 2 aliphatic carbocycles. The van der Waals surface area contributed by atoms with Crippen LogP contribution < -0.4 is 4.90 Å². The van der Waals surface area contributed by atoms with Crippen LogP contribution in [0.25, 0.3) is 60.9 Å². The van der Waals surface area contributed by atoms with Crippen molar-refractivity contribution < 1.29 is 0 Å². The van der Waals surface area contributed by atoms with E-state index in [4.69, 9.17) is 0 Å². The van der Waals surface area contributed by atoms with Crippen molar-refractivity contribution in [3.8, 4) is 39.1 Å². The highest BCUT2D eigenvalue weighted by atomic mass is 15.2. The fraction of sp³-hybridized carbons (Fsp3) is 0.0526. The Bertz CT molecular complexity index is 3270. The quantitative estimate of drug-likeness (QED) is 0.170. The van der Waals surface area contributed by atoms with Gasteiger partial charge in [0.05, 0.1) is 27.8 Å². The highest BCUT2D eigenvalue weighted by Crippen LogP contribution is 2.65. The molecule has 0 radical (unpaired) electrons. The molecule has 2 nitrogen and oxygen atoms in total. The molecule has 0 saturated carbocycles. The van der Waals surface area contributed by atoms with Gasteiger partial charge in [0, 0.05) is 33.3 Å². The van der Waals surface area contributed by atoms with Gasteiger partial charge in [0.25, 0.3) is 0 Å². The van der Waals surface area contributed by atoms with E-state index in [1.807, 2.05) is 0 Å². The topological polar surface area (TPSA) is 8.17 Å². The van der Waals surface area contributed by atoms with E-state index in [-0.39, 0.29) is 0 Å². The molecule has 278 valence electrons. The number of hydrogen-bond acceptors (Lipinski definition) is 1. The van der Waals surface area contributed by atoms with Gasteiger partial charge in [-0.25, -0.2) is 0 Å². The van der Waals surface area contributed by atoms with Gasteiger partial charge in [0.2, 0.25) is 0 Å². The Labute approximate surface area is 344 Å². The fourth-order valence-corrected chi connectivity index (χ4v) is 10.7. The molecule has 2 heteroatoms. The van der Waals surface area contributed by atoms with Crippen LogP contribution in [0.4, 0.5) is 17.1 Å².